The Balaban J connectivity index is 2.42. The van der Waals surface area contributed by atoms with Gasteiger partial charge < -0.3 is 10.2 Å². The Morgan fingerprint density at radius 2 is 1.69 bits per heavy atom. The Bertz CT molecular complexity index is 333. The first-order valence-corrected chi connectivity index (χ1v) is 6.07. The Morgan fingerprint density at radius 3 is 2.06 bits per heavy atom. The fourth-order valence-electron chi connectivity index (χ4n) is 4.28. The smallest absolute Gasteiger partial charge is 0.303 e. The van der Waals surface area contributed by atoms with Crippen molar-refractivity contribution < 1.29 is 15.0 Å². The third-order valence-corrected chi connectivity index (χ3v) is 6.27. The summed E-state index contributed by atoms with van der Waals surface area (Å²) in [6.45, 7) is 8.64. The summed E-state index contributed by atoms with van der Waals surface area (Å²) in [4.78, 5) is 10.9. The van der Waals surface area contributed by atoms with Gasteiger partial charge in [-0.1, -0.05) is 27.7 Å². The molecule has 0 spiro atoms. The summed E-state index contributed by atoms with van der Waals surface area (Å²) < 4.78 is 0. The fraction of sp³-hybridized carbons (Fsp3) is 0.923. The van der Waals surface area contributed by atoms with Crippen molar-refractivity contribution in [1.29, 1.82) is 0 Å². The van der Waals surface area contributed by atoms with Crippen molar-refractivity contribution in [3.63, 3.8) is 0 Å². The van der Waals surface area contributed by atoms with Crippen LogP contribution in [-0.2, 0) is 4.79 Å². The molecule has 0 aromatic carbocycles. The van der Waals surface area contributed by atoms with Crippen molar-refractivity contribution in [3.8, 4) is 0 Å². The number of aliphatic carboxylic acids is 1. The van der Waals surface area contributed by atoms with Crippen LogP contribution >= 0.6 is 0 Å². The van der Waals surface area contributed by atoms with Crippen LogP contribution < -0.4 is 0 Å². The molecule has 0 saturated heterocycles. The van der Waals surface area contributed by atoms with E-state index in [1.807, 2.05) is 0 Å². The van der Waals surface area contributed by atoms with E-state index in [2.05, 4.69) is 27.7 Å². The molecule has 0 aromatic rings. The van der Waals surface area contributed by atoms with E-state index in [-0.39, 0.29) is 28.6 Å². The molecule has 0 heterocycles. The van der Waals surface area contributed by atoms with Crippen LogP contribution in [0.3, 0.4) is 0 Å². The normalized spacial score (nSPS) is 49.6. The van der Waals surface area contributed by atoms with Crippen LogP contribution in [0, 0.1) is 22.2 Å². The average Bonchev–Trinajstić information content (AvgIpc) is 2.40. The first kappa shape index (κ1) is 11.9. The number of fused-ring (bicyclic) bond motifs is 2. The quantitative estimate of drug-likeness (QED) is 0.759. The molecule has 16 heavy (non-hydrogen) atoms. The molecule has 92 valence electrons. The van der Waals surface area contributed by atoms with E-state index in [0.717, 1.165) is 12.8 Å². The lowest BCUT2D eigenvalue weighted by Gasteiger charge is -2.40. The summed E-state index contributed by atoms with van der Waals surface area (Å²) >= 11 is 0. The maximum absolute atomic E-state index is 10.9. The molecule has 2 aliphatic carbocycles. The largest absolute Gasteiger partial charge is 0.481 e. The molecule has 4 atom stereocenters. The summed E-state index contributed by atoms with van der Waals surface area (Å²) in [5.41, 5.74) is -0.152. The number of aliphatic hydroxyl groups excluding tert-OH is 1. The molecule has 0 unspecified atom stereocenters. The molecule has 3 nitrogen and oxygen atoms in total. The highest BCUT2D eigenvalue weighted by atomic mass is 16.4. The van der Waals surface area contributed by atoms with Crippen molar-refractivity contribution >= 4 is 5.97 Å². The highest BCUT2D eigenvalue weighted by Crippen LogP contribution is 2.74. The van der Waals surface area contributed by atoms with E-state index < -0.39 is 12.1 Å². The standard InChI is InChI=1S/C13H22O3/c1-11(2)12(3)5-6-13(11,4)10(16)8(12)7-9(14)15/h8,10,16H,5-7H2,1-4H3,(H,14,15)/t8-,10-,12-,13+/m1/s1. The van der Waals surface area contributed by atoms with E-state index in [0.29, 0.717) is 0 Å². The zero-order chi connectivity index (χ0) is 12.4. The van der Waals surface area contributed by atoms with Gasteiger partial charge in [-0.25, -0.2) is 0 Å². The molecule has 2 aliphatic rings. The van der Waals surface area contributed by atoms with Gasteiger partial charge in [0.15, 0.2) is 0 Å². The van der Waals surface area contributed by atoms with Crippen LogP contribution in [0.5, 0.6) is 0 Å². The number of hydrogen-bond donors (Lipinski definition) is 2. The molecule has 3 heteroatoms. The molecule has 2 saturated carbocycles. The number of aliphatic hydroxyl groups is 1. The minimum atomic E-state index is -0.794. The van der Waals surface area contributed by atoms with Crippen molar-refractivity contribution in [2.24, 2.45) is 22.2 Å². The second kappa shape index (κ2) is 3.00. The lowest BCUT2D eigenvalue weighted by molar-refractivity contribution is -0.141. The van der Waals surface area contributed by atoms with Gasteiger partial charge in [-0.3, -0.25) is 4.79 Å². The molecular weight excluding hydrogens is 204 g/mol. The van der Waals surface area contributed by atoms with Crippen molar-refractivity contribution in [3.05, 3.63) is 0 Å². The number of rotatable bonds is 2. The monoisotopic (exact) mass is 226 g/mol. The van der Waals surface area contributed by atoms with E-state index in [4.69, 9.17) is 5.11 Å². The van der Waals surface area contributed by atoms with Gasteiger partial charge in [0.05, 0.1) is 12.5 Å². The minimum Gasteiger partial charge on any atom is -0.481 e. The molecular formula is C13H22O3. The van der Waals surface area contributed by atoms with Crippen molar-refractivity contribution in [1.82, 2.24) is 0 Å². The highest BCUT2D eigenvalue weighted by molar-refractivity contribution is 5.67. The number of carboxylic acid groups (broad SMARTS) is 1. The van der Waals surface area contributed by atoms with E-state index in [9.17, 15) is 9.90 Å². The topological polar surface area (TPSA) is 57.5 Å². The first-order chi connectivity index (χ1) is 7.17. The Labute approximate surface area is 96.9 Å². The third kappa shape index (κ3) is 1.05. The SMILES string of the molecule is CC1(C)[C@@]2(C)CC[C@]1(C)[C@H](CC(=O)O)[C@H]2O. The van der Waals surface area contributed by atoms with E-state index in [1.165, 1.54) is 0 Å². The highest BCUT2D eigenvalue weighted by Gasteiger charge is 2.71. The maximum atomic E-state index is 10.9. The number of carboxylic acids is 1. The van der Waals surface area contributed by atoms with Crippen LogP contribution in [0.1, 0.15) is 47.0 Å². The van der Waals surface area contributed by atoms with Crippen LogP contribution in [0.15, 0.2) is 0 Å². The molecule has 0 radical (unpaired) electrons. The van der Waals surface area contributed by atoms with Crippen LogP contribution in [0.2, 0.25) is 0 Å². The second-order valence-electron chi connectivity index (χ2n) is 6.61. The summed E-state index contributed by atoms with van der Waals surface area (Å²) in [7, 11) is 0. The predicted octanol–water partition coefficient (Wildman–Crippen LogP) is 2.28. The summed E-state index contributed by atoms with van der Waals surface area (Å²) in [5.74, 6) is -0.893. The van der Waals surface area contributed by atoms with Gasteiger partial charge in [0.2, 0.25) is 0 Å². The molecule has 0 amide bonds. The molecule has 2 N–H and O–H groups in total. The van der Waals surface area contributed by atoms with E-state index >= 15 is 0 Å². The number of hydrogen-bond acceptors (Lipinski definition) is 2. The number of carbonyl (C=O) groups is 1. The van der Waals surface area contributed by atoms with Crippen LogP contribution in [0.4, 0.5) is 0 Å². The lowest BCUT2D eigenvalue weighted by atomic mass is 9.64. The predicted molar refractivity (Wildman–Crippen MR) is 61.0 cm³/mol. The second-order valence-corrected chi connectivity index (χ2v) is 6.61. The fourth-order valence-corrected chi connectivity index (χ4v) is 4.28. The van der Waals surface area contributed by atoms with Gasteiger partial charge in [0, 0.05) is 5.92 Å². The first-order valence-electron chi connectivity index (χ1n) is 6.07. The maximum Gasteiger partial charge on any atom is 0.303 e. The van der Waals surface area contributed by atoms with Crippen LogP contribution in [0.25, 0.3) is 0 Å². The van der Waals surface area contributed by atoms with Gasteiger partial charge in [0.25, 0.3) is 0 Å². The van der Waals surface area contributed by atoms with Gasteiger partial charge in [0.1, 0.15) is 0 Å². The van der Waals surface area contributed by atoms with Crippen molar-refractivity contribution in [2.45, 2.75) is 53.1 Å². The molecule has 2 rings (SSSR count). The minimum absolute atomic E-state index is 0.0134. The zero-order valence-electron chi connectivity index (χ0n) is 10.6. The lowest BCUT2D eigenvalue weighted by Crippen LogP contribution is -2.38. The molecule has 2 fully saturated rings. The third-order valence-electron chi connectivity index (χ3n) is 6.27. The Morgan fingerprint density at radius 1 is 1.19 bits per heavy atom. The summed E-state index contributed by atoms with van der Waals surface area (Å²) in [6, 6.07) is 0. The van der Waals surface area contributed by atoms with Gasteiger partial charge >= 0.3 is 5.97 Å². The van der Waals surface area contributed by atoms with Gasteiger partial charge in [-0.15, -0.1) is 0 Å². The summed E-state index contributed by atoms with van der Waals surface area (Å²) in [5, 5.41) is 19.4. The Kier molecular flexibility index (Phi) is 2.24. The van der Waals surface area contributed by atoms with E-state index in [1.54, 1.807) is 0 Å². The van der Waals surface area contributed by atoms with Gasteiger partial charge in [-0.2, -0.15) is 0 Å². The van der Waals surface area contributed by atoms with Crippen LogP contribution in [-0.4, -0.2) is 22.3 Å². The molecule has 0 aromatic heterocycles. The molecule has 0 aliphatic heterocycles. The molecule has 2 bridgehead atoms. The zero-order valence-corrected chi connectivity index (χ0v) is 10.6. The van der Waals surface area contributed by atoms with Crippen molar-refractivity contribution in [2.75, 3.05) is 0 Å². The van der Waals surface area contributed by atoms with Gasteiger partial charge in [-0.05, 0) is 29.1 Å². The average molecular weight is 226 g/mol. The summed E-state index contributed by atoms with van der Waals surface area (Å²) in [6.07, 6.45) is 1.66. The Hall–Kier alpha value is -0.570.